The van der Waals surface area contributed by atoms with Gasteiger partial charge in [0.2, 0.25) is 12.7 Å². The monoisotopic (exact) mass is 295 g/mol. The van der Waals surface area contributed by atoms with Crippen molar-refractivity contribution in [3.8, 4) is 28.6 Å². The van der Waals surface area contributed by atoms with Gasteiger partial charge in [0, 0.05) is 11.6 Å². The number of ether oxygens (including phenoxy) is 3. The predicted octanol–water partition coefficient (Wildman–Crippen LogP) is 3.65. The van der Waals surface area contributed by atoms with E-state index in [0.29, 0.717) is 17.4 Å². The molecule has 2 aromatic carbocycles. The van der Waals surface area contributed by atoms with Crippen molar-refractivity contribution in [1.82, 2.24) is 4.98 Å². The van der Waals surface area contributed by atoms with Crippen molar-refractivity contribution in [3.63, 3.8) is 0 Å². The smallest absolute Gasteiger partial charge is 0.232 e. The SMILES string of the molecule is c1ccc(-c2cnc(COc3ccc4c(c3)OCO4)o2)cc1. The Morgan fingerprint density at radius 3 is 2.77 bits per heavy atom. The Balaban J connectivity index is 1.45. The average Bonchev–Trinajstić information content (AvgIpc) is 3.22. The van der Waals surface area contributed by atoms with Gasteiger partial charge in [0.05, 0.1) is 6.20 Å². The Kier molecular flexibility index (Phi) is 3.16. The molecule has 0 atom stereocenters. The molecule has 0 saturated heterocycles. The highest BCUT2D eigenvalue weighted by atomic mass is 16.7. The van der Waals surface area contributed by atoms with Gasteiger partial charge in [-0.1, -0.05) is 30.3 Å². The minimum Gasteiger partial charge on any atom is -0.484 e. The molecule has 0 unspecified atom stereocenters. The molecule has 0 spiro atoms. The minimum absolute atomic E-state index is 0.249. The topological polar surface area (TPSA) is 53.7 Å². The van der Waals surface area contributed by atoms with Crippen molar-refractivity contribution in [2.75, 3.05) is 6.79 Å². The van der Waals surface area contributed by atoms with Crippen LogP contribution in [0.5, 0.6) is 17.2 Å². The summed E-state index contributed by atoms with van der Waals surface area (Å²) in [5.74, 6) is 3.36. The molecule has 3 aromatic rings. The third-order valence-corrected chi connectivity index (χ3v) is 3.32. The van der Waals surface area contributed by atoms with Crippen LogP contribution in [0.15, 0.2) is 59.1 Å². The number of hydrogen-bond donors (Lipinski definition) is 0. The van der Waals surface area contributed by atoms with Gasteiger partial charge in [-0.2, -0.15) is 0 Å². The lowest BCUT2D eigenvalue weighted by atomic mass is 10.2. The molecule has 1 aliphatic heterocycles. The third-order valence-electron chi connectivity index (χ3n) is 3.32. The summed E-state index contributed by atoms with van der Waals surface area (Å²) < 4.78 is 21.9. The lowest BCUT2D eigenvalue weighted by molar-refractivity contribution is 0.173. The first-order valence-electron chi connectivity index (χ1n) is 6.91. The van der Waals surface area contributed by atoms with Gasteiger partial charge in [-0.15, -0.1) is 0 Å². The molecule has 0 aliphatic carbocycles. The van der Waals surface area contributed by atoms with Crippen LogP contribution in [0.2, 0.25) is 0 Å². The van der Waals surface area contributed by atoms with Crippen molar-refractivity contribution >= 4 is 0 Å². The van der Waals surface area contributed by atoms with Crippen LogP contribution in [0.4, 0.5) is 0 Å². The highest BCUT2D eigenvalue weighted by molar-refractivity contribution is 5.55. The molecule has 5 heteroatoms. The van der Waals surface area contributed by atoms with E-state index in [0.717, 1.165) is 17.1 Å². The lowest BCUT2D eigenvalue weighted by Gasteiger charge is -2.04. The molecule has 0 amide bonds. The second-order valence-corrected chi connectivity index (χ2v) is 4.79. The Morgan fingerprint density at radius 2 is 1.86 bits per heavy atom. The fourth-order valence-corrected chi connectivity index (χ4v) is 2.22. The van der Waals surface area contributed by atoms with Gasteiger partial charge in [0.15, 0.2) is 23.9 Å². The third kappa shape index (κ3) is 2.48. The molecule has 0 radical (unpaired) electrons. The first-order valence-corrected chi connectivity index (χ1v) is 6.91. The fraction of sp³-hybridized carbons (Fsp3) is 0.118. The number of fused-ring (bicyclic) bond motifs is 1. The summed E-state index contributed by atoms with van der Waals surface area (Å²) in [4.78, 5) is 4.23. The molecule has 5 nitrogen and oxygen atoms in total. The van der Waals surface area contributed by atoms with Crippen LogP contribution in [-0.4, -0.2) is 11.8 Å². The zero-order chi connectivity index (χ0) is 14.8. The van der Waals surface area contributed by atoms with Crippen LogP contribution in [-0.2, 0) is 6.61 Å². The Bertz CT molecular complexity index is 782. The molecule has 1 aromatic heterocycles. The zero-order valence-corrected chi connectivity index (χ0v) is 11.7. The number of nitrogens with zero attached hydrogens (tertiary/aromatic N) is 1. The summed E-state index contributed by atoms with van der Waals surface area (Å²) in [6, 6.07) is 15.3. The minimum atomic E-state index is 0.249. The quantitative estimate of drug-likeness (QED) is 0.735. The van der Waals surface area contributed by atoms with Gasteiger partial charge < -0.3 is 18.6 Å². The average molecular weight is 295 g/mol. The first-order chi connectivity index (χ1) is 10.9. The van der Waals surface area contributed by atoms with E-state index in [4.69, 9.17) is 18.6 Å². The number of aromatic nitrogens is 1. The van der Waals surface area contributed by atoms with Crippen molar-refractivity contribution in [2.45, 2.75) is 6.61 Å². The van der Waals surface area contributed by atoms with E-state index in [1.165, 1.54) is 0 Å². The van der Waals surface area contributed by atoms with Gasteiger partial charge in [0.1, 0.15) is 5.75 Å². The molecule has 110 valence electrons. The van der Waals surface area contributed by atoms with Crippen LogP contribution >= 0.6 is 0 Å². The highest BCUT2D eigenvalue weighted by Crippen LogP contribution is 2.35. The van der Waals surface area contributed by atoms with Crippen LogP contribution in [0.1, 0.15) is 5.89 Å². The van der Waals surface area contributed by atoms with E-state index < -0.39 is 0 Å². The molecule has 1 aliphatic rings. The van der Waals surface area contributed by atoms with Gasteiger partial charge in [0.25, 0.3) is 0 Å². The van der Waals surface area contributed by atoms with E-state index in [1.807, 2.05) is 42.5 Å². The zero-order valence-electron chi connectivity index (χ0n) is 11.7. The van der Waals surface area contributed by atoms with Crippen LogP contribution < -0.4 is 14.2 Å². The van der Waals surface area contributed by atoms with Crippen molar-refractivity contribution in [3.05, 3.63) is 60.6 Å². The molecule has 0 bridgehead atoms. The molecule has 2 heterocycles. The summed E-state index contributed by atoms with van der Waals surface area (Å²) in [7, 11) is 0. The van der Waals surface area contributed by atoms with E-state index in [-0.39, 0.29) is 13.4 Å². The van der Waals surface area contributed by atoms with E-state index in [2.05, 4.69) is 4.98 Å². The summed E-state index contributed by atoms with van der Waals surface area (Å²) in [5.41, 5.74) is 0.990. The highest BCUT2D eigenvalue weighted by Gasteiger charge is 2.14. The van der Waals surface area contributed by atoms with E-state index in [9.17, 15) is 0 Å². The maximum Gasteiger partial charge on any atom is 0.232 e. The first kappa shape index (κ1) is 12.8. The van der Waals surface area contributed by atoms with Gasteiger partial charge in [-0.3, -0.25) is 0 Å². The lowest BCUT2D eigenvalue weighted by Crippen LogP contribution is -1.95. The molecular formula is C17H13NO4. The van der Waals surface area contributed by atoms with Gasteiger partial charge in [-0.05, 0) is 12.1 Å². The number of hydrogen-bond acceptors (Lipinski definition) is 5. The predicted molar refractivity (Wildman–Crippen MR) is 78.8 cm³/mol. The summed E-state index contributed by atoms with van der Waals surface area (Å²) in [6.45, 7) is 0.505. The van der Waals surface area contributed by atoms with Crippen LogP contribution in [0, 0.1) is 0 Å². The van der Waals surface area contributed by atoms with Gasteiger partial charge in [-0.25, -0.2) is 4.98 Å². The Morgan fingerprint density at radius 1 is 1.00 bits per heavy atom. The Labute approximate surface area is 127 Å². The fourth-order valence-electron chi connectivity index (χ4n) is 2.22. The standard InChI is InChI=1S/C17H13NO4/c1-2-4-12(5-3-1)16-9-18-17(22-16)10-19-13-6-7-14-15(8-13)21-11-20-14/h1-9H,10-11H2. The normalized spacial score (nSPS) is 12.4. The van der Waals surface area contributed by atoms with Crippen molar-refractivity contribution < 1.29 is 18.6 Å². The summed E-state index contributed by atoms with van der Waals surface area (Å²) >= 11 is 0. The maximum atomic E-state index is 5.69. The number of benzene rings is 2. The van der Waals surface area contributed by atoms with E-state index in [1.54, 1.807) is 12.3 Å². The molecular weight excluding hydrogens is 282 g/mol. The second-order valence-electron chi connectivity index (χ2n) is 4.79. The summed E-state index contributed by atoms with van der Waals surface area (Å²) in [6.07, 6.45) is 1.70. The largest absolute Gasteiger partial charge is 0.484 e. The van der Waals surface area contributed by atoms with Crippen LogP contribution in [0.25, 0.3) is 11.3 Å². The number of oxazole rings is 1. The van der Waals surface area contributed by atoms with Gasteiger partial charge >= 0.3 is 0 Å². The maximum absolute atomic E-state index is 5.69. The summed E-state index contributed by atoms with van der Waals surface area (Å²) in [5, 5.41) is 0. The molecule has 0 saturated carbocycles. The van der Waals surface area contributed by atoms with Crippen molar-refractivity contribution in [2.24, 2.45) is 0 Å². The van der Waals surface area contributed by atoms with E-state index >= 15 is 0 Å². The molecule has 22 heavy (non-hydrogen) atoms. The molecule has 0 fully saturated rings. The van der Waals surface area contributed by atoms with Crippen LogP contribution in [0.3, 0.4) is 0 Å². The second kappa shape index (κ2) is 5.44. The Hall–Kier alpha value is -2.95. The molecule has 0 N–H and O–H groups in total. The van der Waals surface area contributed by atoms with Crippen molar-refractivity contribution in [1.29, 1.82) is 0 Å². The molecule has 4 rings (SSSR count). The number of rotatable bonds is 4.